The first kappa shape index (κ1) is 17.6. The summed E-state index contributed by atoms with van der Waals surface area (Å²) in [5.41, 5.74) is 4.40. The highest BCUT2D eigenvalue weighted by Crippen LogP contribution is 2.31. The molecular weight excluding hydrogens is 325 g/mol. The summed E-state index contributed by atoms with van der Waals surface area (Å²) in [5.74, 6) is -0.165. The van der Waals surface area contributed by atoms with Crippen LogP contribution in [0.5, 0.6) is 0 Å². The molecule has 0 spiro atoms. The van der Waals surface area contributed by atoms with Crippen LogP contribution >= 0.6 is 0 Å². The van der Waals surface area contributed by atoms with E-state index in [-0.39, 0.29) is 5.82 Å². The minimum Gasteiger partial charge on any atom is -0.444 e. The molecule has 2 aromatic rings. The number of anilines is 2. The summed E-state index contributed by atoms with van der Waals surface area (Å²) >= 11 is 0. The van der Waals surface area contributed by atoms with Crippen LogP contribution in [0.25, 0.3) is 5.69 Å². The van der Waals surface area contributed by atoms with Crippen molar-refractivity contribution >= 4 is 17.6 Å². The average molecular weight is 342 g/mol. The van der Waals surface area contributed by atoms with Crippen molar-refractivity contribution in [1.29, 1.82) is 0 Å². The molecule has 0 aliphatic carbocycles. The number of ether oxygens (including phenoxy) is 1. The van der Waals surface area contributed by atoms with Crippen molar-refractivity contribution in [2.75, 3.05) is 11.1 Å². The summed E-state index contributed by atoms with van der Waals surface area (Å²) in [7, 11) is 0. The van der Waals surface area contributed by atoms with Gasteiger partial charge in [0.15, 0.2) is 5.69 Å². The molecule has 0 fully saturated rings. The molecule has 2 rings (SSSR count). The second kappa shape index (κ2) is 6.06. The number of amides is 1. The van der Waals surface area contributed by atoms with Crippen LogP contribution < -0.4 is 11.1 Å². The minimum absolute atomic E-state index is 0.165. The van der Waals surface area contributed by atoms with Crippen molar-refractivity contribution in [3.63, 3.8) is 0 Å². The Morgan fingerprint density at radius 1 is 1.21 bits per heavy atom. The lowest BCUT2D eigenvalue weighted by Gasteiger charge is -2.19. The topological polar surface area (TPSA) is 82.2 Å². The van der Waals surface area contributed by atoms with Gasteiger partial charge in [0.1, 0.15) is 11.4 Å². The Labute approximate surface area is 136 Å². The summed E-state index contributed by atoms with van der Waals surface area (Å²) < 4.78 is 44.8. The molecule has 1 heterocycles. The molecule has 0 aliphatic rings. The van der Waals surface area contributed by atoms with E-state index in [2.05, 4.69) is 10.4 Å². The molecule has 1 amide bonds. The van der Waals surface area contributed by atoms with Crippen LogP contribution in [0.2, 0.25) is 0 Å². The molecule has 1 aromatic carbocycles. The van der Waals surface area contributed by atoms with Crippen LogP contribution in [0.4, 0.5) is 29.5 Å². The lowest BCUT2D eigenvalue weighted by molar-refractivity contribution is -0.141. The second-order valence-corrected chi connectivity index (χ2v) is 6.04. The number of rotatable bonds is 2. The molecule has 0 aliphatic heterocycles. The Kier molecular flexibility index (Phi) is 4.46. The van der Waals surface area contributed by atoms with E-state index in [4.69, 9.17) is 10.5 Å². The zero-order valence-electron chi connectivity index (χ0n) is 13.3. The Hall–Kier alpha value is -2.71. The lowest BCUT2D eigenvalue weighted by Crippen LogP contribution is -2.27. The predicted molar refractivity (Wildman–Crippen MR) is 82.8 cm³/mol. The van der Waals surface area contributed by atoms with Crippen molar-refractivity contribution in [2.45, 2.75) is 32.5 Å². The number of nitrogens with zero attached hydrogens (tertiary/aromatic N) is 2. The number of nitrogens with two attached hydrogens (primary N) is 1. The fourth-order valence-corrected chi connectivity index (χ4v) is 1.83. The normalized spacial score (nSPS) is 12.1. The van der Waals surface area contributed by atoms with Crippen LogP contribution in [-0.2, 0) is 10.9 Å². The van der Waals surface area contributed by atoms with Gasteiger partial charge in [-0.1, -0.05) is 0 Å². The van der Waals surface area contributed by atoms with E-state index >= 15 is 0 Å². The SMILES string of the molecule is CC(C)(C)OC(=O)Nc1cc(C(F)(F)F)nn1-c1ccc(N)cc1. The van der Waals surface area contributed by atoms with E-state index in [0.717, 1.165) is 10.7 Å². The van der Waals surface area contributed by atoms with E-state index in [0.29, 0.717) is 11.4 Å². The summed E-state index contributed by atoms with van der Waals surface area (Å²) in [5, 5.41) is 5.79. The molecule has 0 atom stereocenters. The van der Waals surface area contributed by atoms with Crippen molar-refractivity contribution in [3.8, 4) is 5.69 Å². The highest BCUT2D eigenvalue weighted by Gasteiger charge is 2.35. The molecule has 1 aromatic heterocycles. The summed E-state index contributed by atoms with van der Waals surface area (Å²) in [4.78, 5) is 11.8. The van der Waals surface area contributed by atoms with Crippen LogP contribution in [0.15, 0.2) is 30.3 Å². The third kappa shape index (κ3) is 4.40. The van der Waals surface area contributed by atoms with E-state index in [1.807, 2.05) is 0 Å². The standard InChI is InChI=1S/C15H17F3N4O2/c1-14(2,3)24-13(23)20-12-8-11(15(16,17)18)21-22(12)10-6-4-9(19)5-7-10/h4-8H,19H2,1-3H3,(H,20,23). The van der Waals surface area contributed by atoms with Gasteiger partial charge in [-0.05, 0) is 45.0 Å². The quantitative estimate of drug-likeness (QED) is 0.813. The van der Waals surface area contributed by atoms with Gasteiger partial charge in [-0.25, -0.2) is 9.48 Å². The Morgan fingerprint density at radius 3 is 2.29 bits per heavy atom. The fraction of sp³-hybridized carbons (Fsp3) is 0.333. The number of nitrogens with one attached hydrogen (secondary N) is 1. The van der Waals surface area contributed by atoms with Gasteiger partial charge in [0.2, 0.25) is 0 Å². The van der Waals surface area contributed by atoms with Gasteiger partial charge in [-0.3, -0.25) is 5.32 Å². The molecule has 9 heteroatoms. The van der Waals surface area contributed by atoms with Gasteiger partial charge in [0.25, 0.3) is 0 Å². The number of aromatic nitrogens is 2. The molecular formula is C15H17F3N4O2. The Balaban J connectivity index is 2.39. The number of halogens is 3. The molecule has 0 saturated carbocycles. The third-order valence-corrected chi connectivity index (χ3v) is 2.77. The molecule has 3 N–H and O–H groups in total. The summed E-state index contributed by atoms with van der Waals surface area (Å²) in [6, 6.07) is 6.74. The zero-order valence-corrected chi connectivity index (χ0v) is 13.3. The van der Waals surface area contributed by atoms with Crippen LogP contribution in [-0.4, -0.2) is 21.5 Å². The van der Waals surface area contributed by atoms with E-state index < -0.39 is 23.6 Å². The van der Waals surface area contributed by atoms with Crippen LogP contribution in [0, 0.1) is 0 Å². The fourth-order valence-electron chi connectivity index (χ4n) is 1.83. The molecule has 24 heavy (non-hydrogen) atoms. The molecule has 0 radical (unpaired) electrons. The van der Waals surface area contributed by atoms with Gasteiger partial charge in [0.05, 0.1) is 5.69 Å². The Morgan fingerprint density at radius 2 is 1.79 bits per heavy atom. The number of alkyl halides is 3. The molecule has 0 saturated heterocycles. The number of nitrogen functional groups attached to an aromatic ring is 1. The predicted octanol–water partition coefficient (Wildman–Crippen LogP) is 3.82. The van der Waals surface area contributed by atoms with E-state index in [9.17, 15) is 18.0 Å². The van der Waals surface area contributed by atoms with Crippen molar-refractivity contribution < 1.29 is 22.7 Å². The van der Waals surface area contributed by atoms with Crippen molar-refractivity contribution in [3.05, 3.63) is 36.0 Å². The molecule has 130 valence electrons. The zero-order chi connectivity index (χ0) is 18.1. The van der Waals surface area contributed by atoms with Gasteiger partial charge in [-0.15, -0.1) is 0 Å². The molecule has 0 unspecified atom stereocenters. The van der Waals surface area contributed by atoms with Crippen molar-refractivity contribution in [1.82, 2.24) is 9.78 Å². The summed E-state index contributed by atoms with van der Waals surface area (Å²) in [6.45, 7) is 4.93. The second-order valence-electron chi connectivity index (χ2n) is 6.04. The first-order chi connectivity index (χ1) is 11.0. The lowest BCUT2D eigenvalue weighted by atomic mass is 10.2. The number of carbonyl (C=O) groups is 1. The maximum Gasteiger partial charge on any atom is 0.435 e. The monoisotopic (exact) mass is 342 g/mol. The smallest absolute Gasteiger partial charge is 0.435 e. The van der Waals surface area contributed by atoms with Gasteiger partial charge in [0, 0.05) is 11.8 Å². The number of benzene rings is 1. The molecule has 0 bridgehead atoms. The average Bonchev–Trinajstić information content (AvgIpc) is 2.81. The number of carbonyl (C=O) groups excluding carboxylic acids is 1. The van der Waals surface area contributed by atoms with Crippen LogP contribution in [0.3, 0.4) is 0 Å². The first-order valence-electron chi connectivity index (χ1n) is 6.99. The maximum absolute atomic E-state index is 12.9. The summed E-state index contributed by atoms with van der Waals surface area (Å²) in [6.07, 6.45) is -5.53. The number of hydrogen-bond acceptors (Lipinski definition) is 4. The van der Waals surface area contributed by atoms with Gasteiger partial charge < -0.3 is 10.5 Å². The third-order valence-electron chi connectivity index (χ3n) is 2.77. The minimum atomic E-state index is -4.65. The largest absolute Gasteiger partial charge is 0.444 e. The molecule has 6 nitrogen and oxygen atoms in total. The maximum atomic E-state index is 12.9. The first-order valence-corrected chi connectivity index (χ1v) is 6.99. The Bertz CT molecular complexity index is 731. The van der Waals surface area contributed by atoms with E-state index in [1.54, 1.807) is 20.8 Å². The van der Waals surface area contributed by atoms with Gasteiger partial charge in [-0.2, -0.15) is 18.3 Å². The van der Waals surface area contributed by atoms with Gasteiger partial charge >= 0.3 is 12.3 Å². The number of hydrogen-bond donors (Lipinski definition) is 2. The van der Waals surface area contributed by atoms with Crippen LogP contribution in [0.1, 0.15) is 26.5 Å². The van der Waals surface area contributed by atoms with E-state index in [1.165, 1.54) is 24.3 Å². The van der Waals surface area contributed by atoms with Crippen molar-refractivity contribution in [2.24, 2.45) is 0 Å². The highest BCUT2D eigenvalue weighted by molar-refractivity contribution is 5.84. The highest BCUT2D eigenvalue weighted by atomic mass is 19.4.